The molecule has 0 saturated carbocycles. The van der Waals surface area contributed by atoms with Gasteiger partial charge in [-0.15, -0.1) is 11.3 Å². The Morgan fingerprint density at radius 3 is 2.94 bits per heavy atom. The van der Waals surface area contributed by atoms with Crippen molar-refractivity contribution in [3.8, 4) is 10.9 Å². The number of imidazole rings is 1. The molecule has 0 atom stereocenters. The molecule has 1 saturated heterocycles. The predicted octanol–water partition coefficient (Wildman–Crippen LogP) is 1.59. The minimum Gasteiger partial charge on any atom is -0.491 e. The second kappa shape index (κ2) is 10.3. The fraction of sp³-hybridized carbons (Fsp3) is 0.304. The number of hydrogen-bond donors (Lipinski definition) is 4. The number of rotatable bonds is 8. The zero-order valence-corrected chi connectivity index (χ0v) is 19.7. The molecular formula is C23H25N7O4S. The maximum Gasteiger partial charge on any atom is 0.333 e. The number of amides is 1. The number of thiazole rings is 1. The lowest BCUT2D eigenvalue weighted by atomic mass is 10.2. The SMILES string of the molecule is O=C(Nc1cnccc1N1CCNCC1)c1csc(-n2c(=O)[nH]c3c(OCCCO)cccc32)n1. The molecule has 1 amide bonds. The number of pyridine rings is 1. The van der Waals surface area contributed by atoms with Crippen LogP contribution in [-0.2, 0) is 0 Å². The molecule has 4 heterocycles. The van der Waals surface area contributed by atoms with E-state index in [0.717, 1.165) is 31.9 Å². The van der Waals surface area contributed by atoms with Crippen LogP contribution >= 0.6 is 11.3 Å². The quantitative estimate of drug-likeness (QED) is 0.271. The van der Waals surface area contributed by atoms with Gasteiger partial charge in [-0.2, -0.15) is 0 Å². The molecule has 1 aliphatic rings. The highest BCUT2D eigenvalue weighted by Gasteiger charge is 2.20. The average molecular weight is 496 g/mol. The van der Waals surface area contributed by atoms with Crippen LogP contribution in [0.25, 0.3) is 16.2 Å². The largest absolute Gasteiger partial charge is 0.491 e. The van der Waals surface area contributed by atoms with Crippen molar-refractivity contribution in [1.82, 2.24) is 24.8 Å². The number of aromatic nitrogens is 4. The molecule has 11 nitrogen and oxygen atoms in total. The molecule has 12 heteroatoms. The van der Waals surface area contributed by atoms with Gasteiger partial charge >= 0.3 is 5.69 Å². The molecule has 1 aromatic carbocycles. The monoisotopic (exact) mass is 495 g/mol. The van der Waals surface area contributed by atoms with Crippen LogP contribution < -0.4 is 26.0 Å². The number of piperazine rings is 1. The van der Waals surface area contributed by atoms with E-state index in [4.69, 9.17) is 9.84 Å². The number of aromatic amines is 1. The van der Waals surface area contributed by atoms with E-state index in [2.05, 4.69) is 30.5 Å². The van der Waals surface area contributed by atoms with Crippen molar-refractivity contribution in [2.45, 2.75) is 6.42 Å². The number of aliphatic hydroxyl groups is 1. The molecule has 182 valence electrons. The minimum absolute atomic E-state index is 0.0211. The van der Waals surface area contributed by atoms with Crippen LogP contribution in [0.2, 0.25) is 0 Å². The van der Waals surface area contributed by atoms with Gasteiger partial charge in [0.05, 0.1) is 29.7 Å². The molecule has 5 rings (SSSR count). The van der Waals surface area contributed by atoms with Crippen molar-refractivity contribution in [1.29, 1.82) is 0 Å². The Balaban J connectivity index is 1.39. The van der Waals surface area contributed by atoms with Gasteiger partial charge in [0.15, 0.2) is 5.13 Å². The lowest BCUT2D eigenvalue weighted by Gasteiger charge is -2.30. The van der Waals surface area contributed by atoms with Crippen LogP contribution in [0, 0.1) is 0 Å². The molecule has 0 radical (unpaired) electrons. The zero-order valence-electron chi connectivity index (χ0n) is 18.9. The Labute approximate surface area is 204 Å². The van der Waals surface area contributed by atoms with Gasteiger partial charge in [0.2, 0.25) is 0 Å². The molecule has 1 fully saturated rings. The first-order valence-electron chi connectivity index (χ1n) is 11.3. The lowest BCUT2D eigenvalue weighted by Crippen LogP contribution is -2.43. The highest BCUT2D eigenvalue weighted by Crippen LogP contribution is 2.28. The third-order valence-electron chi connectivity index (χ3n) is 5.66. The molecule has 0 spiro atoms. The number of nitrogens with zero attached hydrogens (tertiary/aromatic N) is 4. The van der Waals surface area contributed by atoms with Crippen molar-refractivity contribution in [2.75, 3.05) is 49.6 Å². The fourth-order valence-electron chi connectivity index (χ4n) is 3.98. The first kappa shape index (κ1) is 23.0. The molecule has 0 unspecified atom stereocenters. The number of anilines is 2. The van der Waals surface area contributed by atoms with Crippen molar-refractivity contribution < 1.29 is 14.6 Å². The second-order valence-electron chi connectivity index (χ2n) is 7.94. The van der Waals surface area contributed by atoms with E-state index < -0.39 is 0 Å². The van der Waals surface area contributed by atoms with Crippen LogP contribution in [0.3, 0.4) is 0 Å². The van der Waals surface area contributed by atoms with Gasteiger partial charge in [-0.3, -0.25) is 9.78 Å². The molecule has 0 aliphatic carbocycles. The second-order valence-corrected chi connectivity index (χ2v) is 8.78. The Morgan fingerprint density at radius 2 is 2.11 bits per heavy atom. The summed E-state index contributed by atoms with van der Waals surface area (Å²) in [5, 5.41) is 17.2. The number of nitrogens with one attached hydrogen (secondary N) is 3. The van der Waals surface area contributed by atoms with Gasteiger partial charge in [0.25, 0.3) is 5.91 Å². The van der Waals surface area contributed by atoms with Crippen molar-refractivity contribution in [3.05, 3.63) is 58.2 Å². The van der Waals surface area contributed by atoms with Crippen molar-refractivity contribution >= 4 is 39.7 Å². The summed E-state index contributed by atoms with van der Waals surface area (Å²) in [6, 6.07) is 7.20. The van der Waals surface area contributed by atoms with Gasteiger partial charge in [-0.25, -0.2) is 14.3 Å². The van der Waals surface area contributed by atoms with Gasteiger partial charge in [0.1, 0.15) is 17.0 Å². The third-order valence-corrected chi connectivity index (χ3v) is 6.49. The number of hydrogen-bond acceptors (Lipinski definition) is 9. The van der Waals surface area contributed by atoms with Crippen LogP contribution in [0.4, 0.5) is 11.4 Å². The molecular weight excluding hydrogens is 470 g/mol. The Bertz CT molecular complexity index is 1390. The van der Waals surface area contributed by atoms with Crippen molar-refractivity contribution in [2.24, 2.45) is 0 Å². The van der Waals surface area contributed by atoms with E-state index in [1.54, 1.807) is 36.0 Å². The van der Waals surface area contributed by atoms with E-state index >= 15 is 0 Å². The number of carbonyl (C=O) groups is 1. The summed E-state index contributed by atoms with van der Waals surface area (Å²) in [4.78, 5) is 39.4. The van der Waals surface area contributed by atoms with Crippen LogP contribution in [0.5, 0.6) is 5.75 Å². The number of benzene rings is 1. The summed E-state index contributed by atoms with van der Waals surface area (Å²) in [6.07, 6.45) is 3.82. The summed E-state index contributed by atoms with van der Waals surface area (Å²) < 4.78 is 7.12. The topological polar surface area (TPSA) is 137 Å². The summed E-state index contributed by atoms with van der Waals surface area (Å²) in [6.45, 7) is 3.77. The normalized spacial score (nSPS) is 13.8. The lowest BCUT2D eigenvalue weighted by molar-refractivity contribution is 0.102. The van der Waals surface area contributed by atoms with E-state index in [9.17, 15) is 9.59 Å². The first-order valence-corrected chi connectivity index (χ1v) is 12.2. The third kappa shape index (κ3) is 4.76. The standard InChI is InChI=1S/C23H25N7O4S/c31-11-2-12-34-19-4-1-3-18-20(19)28-22(33)30(18)23-27-16(14-35-23)21(32)26-15-13-25-6-5-17(15)29-9-7-24-8-10-29/h1,3-6,13-14,24,31H,2,7-12H2,(H,26,32)(H,28,33). The molecule has 1 aliphatic heterocycles. The van der Waals surface area contributed by atoms with E-state index in [-0.39, 0.29) is 23.9 Å². The van der Waals surface area contributed by atoms with Gasteiger partial charge < -0.3 is 30.4 Å². The average Bonchev–Trinajstić information content (AvgIpc) is 3.49. The van der Waals surface area contributed by atoms with Crippen LogP contribution in [-0.4, -0.2) is 69.9 Å². The number of para-hydroxylation sites is 1. The molecule has 3 aromatic heterocycles. The predicted molar refractivity (Wildman–Crippen MR) is 134 cm³/mol. The zero-order chi connectivity index (χ0) is 24.2. The maximum absolute atomic E-state index is 13.0. The number of aliphatic hydroxyl groups excluding tert-OH is 1. The summed E-state index contributed by atoms with van der Waals surface area (Å²) in [7, 11) is 0. The highest BCUT2D eigenvalue weighted by atomic mass is 32.1. The summed E-state index contributed by atoms with van der Waals surface area (Å²) in [5.41, 5.74) is 2.47. The maximum atomic E-state index is 13.0. The Morgan fingerprint density at radius 1 is 1.26 bits per heavy atom. The van der Waals surface area contributed by atoms with Crippen LogP contribution in [0.1, 0.15) is 16.9 Å². The van der Waals surface area contributed by atoms with E-state index in [1.165, 1.54) is 15.9 Å². The first-order chi connectivity index (χ1) is 17.2. The molecule has 35 heavy (non-hydrogen) atoms. The Hall–Kier alpha value is -3.74. The van der Waals surface area contributed by atoms with E-state index in [1.807, 2.05) is 6.07 Å². The van der Waals surface area contributed by atoms with Crippen molar-refractivity contribution in [3.63, 3.8) is 0 Å². The minimum atomic E-state index is -0.382. The number of carbonyl (C=O) groups excluding carboxylic acids is 1. The van der Waals surface area contributed by atoms with Gasteiger partial charge in [-0.1, -0.05) is 6.07 Å². The molecule has 4 N–H and O–H groups in total. The highest BCUT2D eigenvalue weighted by molar-refractivity contribution is 7.12. The summed E-state index contributed by atoms with van der Waals surface area (Å²) >= 11 is 1.20. The number of ether oxygens (including phenoxy) is 1. The number of fused-ring (bicyclic) bond motifs is 1. The smallest absolute Gasteiger partial charge is 0.333 e. The molecule has 0 bridgehead atoms. The fourth-order valence-corrected chi connectivity index (χ4v) is 4.80. The number of H-pyrrole nitrogens is 1. The van der Waals surface area contributed by atoms with Gasteiger partial charge in [0, 0.05) is 50.8 Å². The Kier molecular flexibility index (Phi) is 6.75. The molecule has 4 aromatic rings. The van der Waals surface area contributed by atoms with E-state index in [0.29, 0.717) is 40.6 Å². The van der Waals surface area contributed by atoms with Gasteiger partial charge in [-0.05, 0) is 18.2 Å². The summed E-state index contributed by atoms with van der Waals surface area (Å²) in [5.74, 6) is 0.135. The van der Waals surface area contributed by atoms with Crippen LogP contribution in [0.15, 0.2) is 46.8 Å².